The summed E-state index contributed by atoms with van der Waals surface area (Å²) in [5.74, 6) is 0. The molecule has 0 saturated heterocycles. The van der Waals surface area contributed by atoms with Crippen LogP contribution in [0.5, 0.6) is 0 Å². The summed E-state index contributed by atoms with van der Waals surface area (Å²) in [5.41, 5.74) is 9.40. The Morgan fingerprint density at radius 3 is 2.25 bits per heavy atom. The van der Waals surface area contributed by atoms with Crippen LogP contribution in [0.4, 0.5) is 5.69 Å². The molecule has 0 aliphatic carbocycles. The first-order chi connectivity index (χ1) is 17.5. The molecule has 0 fully saturated rings. The summed E-state index contributed by atoms with van der Waals surface area (Å²) in [7, 11) is 0. The van der Waals surface area contributed by atoms with Gasteiger partial charge in [0, 0.05) is 38.7 Å². The van der Waals surface area contributed by atoms with Gasteiger partial charge in [-0.2, -0.15) is 0 Å². The fourth-order valence-electron chi connectivity index (χ4n) is 4.15. The van der Waals surface area contributed by atoms with Crippen LogP contribution in [0.15, 0.2) is 67.0 Å². The molecule has 0 saturated carbocycles. The molecular formula is C29H37Cl2N3O2. The van der Waals surface area contributed by atoms with Crippen LogP contribution >= 0.6 is 23.2 Å². The van der Waals surface area contributed by atoms with Gasteiger partial charge in [-0.1, -0.05) is 66.4 Å². The second-order valence-corrected chi connectivity index (χ2v) is 9.93. The highest BCUT2D eigenvalue weighted by atomic mass is 35.5. The number of pyridine rings is 1. The first-order valence-corrected chi connectivity index (χ1v) is 13.4. The van der Waals surface area contributed by atoms with Crippen LogP contribution in [0.1, 0.15) is 54.9 Å². The number of nitrogen functional groups attached to an aromatic ring is 1. The van der Waals surface area contributed by atoms with Gasteiger partial charge in [-0.3, -0.25) is 9.88 Å². The molecule has 0 aliphatic heterocycles. The van der Waals surface area contributed by atoms with Crippen molar-refractivity contribution in [3.63, 3.8) is 0 Å². The minimum Gasteiger partial charge on any atom is -0.396 e. The number of nitrogens with zero attached hydrogens (tertiary/aromatic N) is 2. The number of anilines is 1. The number of rotatable bonds is 16. The third kappa shape index (κ3) is 10.1. The lowest BCUT2D eigenvalue weighted by atomic mass is 10.1. The number of ether oxygens (including phenoxy) is 1. The summed E-state index contributed by atoms with van der Waals surface area (Å²) in [5, 5.41) is 11.6. The average molecular weight is 531 g/mol. The Morgan fingerprint density at radius 2 is 1.53 bits per heavy atom. The summed E-state index contributed by atoms with van der Waals surface area (Å²) in [6.07, 6.45) is 9.42. The van der Waals surface area contributed by atoms with Crippen molar-refractivity contribution >= 4 is 28.9 Å². The van der Waals surface area contributed by atoms with Crippen molar-refractivity contribution in [1.82, 2.24) is 9.88 Å². The van der Waals surface area contributed by atoms with Crippen LogP contribution in [-0.4, -0.2) is 41.3 Å². The highest BCUT2D eigenvalue weighted by Gasteiger charge is 2.16. The summed E-state index contributed by atoms with van der Waals surface area (Å²) in [6, 6.07) is 17.8. The second-order valence-electron chi connectivity index (χ2n) is 9.12. The zero-order valence-corrected chi connectivity index (χ0v) is 22.3. The SMILES string of the molecule is Nc1c(Cl)cc(C(O)CN(CCCCCCOCCCc2ccncc2)Cc2ccccc2)cc1Cl. The maximum atomic E-state index is 10.9. The number of hydrogen-bond acceptors (Lipinski definition) is 5. The molecule has 0 radical (unpaired) electrons. The highest BCUT2D eigenvalue weighted by molar-refractivity contribution is 6.38. The standard InChI is InChI=1S/C29H37Cl2N3O2/c30-26-19-25(20-27(31)29(26)32)28(35)22-34(21-24-9-4-3-5-10-24)16-6-1-2-7-17-36-18-8-11-23-12-14-33-15-13-23/h3-5,9-10,12-15,19-20,28,35H,1-2,6-8,11,16-18,21-22,32H2. The Bertz CT molecular complexity index is 999. The zero-order chi connectivity index (χ0) is 25.6. The molecule has 194 valence electrons. The smallest absolute Gasteiger partial charge is 0.0918 e. The monoisotopic (exact) mass is 529 g/mol. The maximum Gasteiger partial charge on any atom is 0.0918 e. The average Bonchev–Trinajstić information content (AvgIpc) is 2.89. The second kappa shape index (κ2) is 15.9. The summed E-state index contributed by atoms with van der Waals surface area (Å²) in [6.45, 7) is 3.77. The van der Waals surface area contributed by atoms with E-state index in [4.69, 9.17) is 33.7 Å². The first-order valence-electron chi connectivity index (χ1n) is 12.7. The van der Waals surface area contributed by atoms with Gasteiger partial charge >= 0.3 is 0 Å². The number of halogens is 2. The normalized spacial score (nSPS) is 12.2. The van der Waals surface area contributed by atoms with E-state index < -0.39 is 6.10 Å². The molecule has 1 unspecified atom stereocenters. The highest BCUT2D eigenvalue weighted by Crippen LogP contribution is 2.31. The van der Waals surface area contributed by atoms with Crippen molar-refractivity contribution in [2.24, 2.45) is 0 Å². The fourth-order valence-corrected chi connectivity index (χ4v) is 4.65. The molecule has 1 atom stereocenters. The molecule has 36 heavy (non-hydrogen) atoms. The first kappa shape index (κ1) is 28.4. The van der Waals surface area contributed by atoms with Gasteiger partial charge in [-0.25, -0.2) is 0 Å². The van der Waals surface area contributed by atoms with Gasteiger partial charge in [0.05, 0.1) is 21.8 Å². The van der Waals surface area contributed by atoms with Gasteiger partial charge in [0.2, 0.25) is 0 Å². The summed E-state index contributed by atoms with van der Waals surface area (Å²) >= 11 is 12.4. The number of aromatic nitrogens is 1. The lowest BCUT2D eigenvalue weighted by molar-refractivity contribution is 0.107. The van der Waals surface area contributed by atoms with Crippen molar-refractivity contribution in [3.05, 3.63) is 93.7 Å². The fraction of sp³-hybridized carbons (Fsp3) is 0.414. The van der Waals surface area contributed by atoms with Crippen molar-refractivity contribution in [3.8, 4) is 0 Å². The van der Waals surface area contributed by atoms with E-state index in [1.807, 2.05) is 30.6 Å². The predicted octanol–water partition coefficient (Wildman–Crippen LogP) is 6.72. The van der Waals surface area contributed by atoms with Crippen LogP contribution in [0.2, 0.25) is 10.0 Å². The quantitative estimate of drug-likeness (QED) is 0.159. The number of hydrogen-bond donors (Lipinski definition) is 2. The molecule has 0 bridgehead atoms. The van der Waals surface area contributed by atoms with Crippen LogP contribution in [0, 0.1) is 0 Å². The lowest BCUT2D eigenvalue weighted by Gasteiger charge is -2.26. The van der Waals surface area contributed by atoms with Gasteiger partial charge in [-0.15, -0.1) is 0 Å². The Kier molecular flexibility index (Phi) is 12.5. The van der Waals surface area contributed by atoms with E-state index in [2.05, 4.69) is 34.1 Å². The minimum absolute atomic E-state index is 0.341. The molecule has 2 aromatic carbocycles. The molecule has 0 amide bonds. The van der Waals surface area contributed by atoms with E-state index in [0.717, 1.165) is 64.8 Å². The Labute approximate surface area is 225 Å². The summed E-state index contributed by atoms with van der Waals surface area (Å²) < 4.78 is 5.80. The largest absolute Gasteiger partial charge is 0.396 e. The molecule has 3 aromatic rings. The van der Waals surface area contributed by atoms with Gasteiger partial charge in [-0.05, 0) is 73.2 Å². The van der Waals surface area contributed by atoms with Crippen LogP contribution in [0.3, 0.4) is 0 Å². The topological polar surface area (TPSA) is 71.6 Å². The molecule has 5 nitrogen and oxygen atoms in total. The molecule has 0 spiro atoms. The zero-order valence-electron chi connectivity index (χ0n) is 20.8. The molecule has 0 aliphatic rings. The molecule has 1 heterocycles. The van der Waals surface area contributed by atoms with Gasteiger partial charge in [0.1, 0.15) is 0 Å². The number of aliphatic hydroxyl groups excluding tert-OH is 1. The number of benzene rings is 2. The molecule has 1 aromatic heterocycles. The van der Waals surface area contributed by atoms with Crippen molar-refractivity contribution in [2.75, 3.05) is 32.0 Å². The van der Waals surface area contributed by atoms with Crippen molar-refractivity contribution < 1.29 is 9.84 Å². The molecule has 3 rings (SSSR count). The maximum absolute atomic E-state index is 10.9. The number of nitrogens with two attached hydrogens (primary N) is 1. The lowest BCUT2D eigenvalue weighted by Crippen LogP contribution is -2.29. The summed E-state index contributed by atoms with van der Waals surface area (Å²) in [4.78, 5) is 6.33. The van der Waals surface area contributed by atoms with Gasteiger partial charge in [0.25, 0.3) is 0 Å². The Morgan fingerprint density at radius 1 is 0.861 bits per heavy atom. The molecule has 3 N–H and O–H groups in total. The van der Waals surface area contributed by atoms with Gasteiger partial charge < -0.3 is 15.6 Å². The van der Waals surface area contributed by atoms with Crippen LogP contribution in [0.25, 0.3) is 0 Å². The number of unbranched alkanes of at least 4 members (excludes halogenated alkanes) is 3. The third-order valence-electron chi connectivity index (χ3n) is 6.18. The van der Waals surface area contributed by atoms with E-state index in [9.17, 15) is 5.11 Å². The van der Waals surface area contributed by atoms with Crippen molar-refractivity contribution in [2.45, 2.75) is 51.2 Å². The third-order valence-corrected chi connectivity index (χ3v) is 6.81. The number of aliphatic hydroxyl groups is 1. The Balaban J connectivity index is 1.38. The van der Waals surface area contributed by atoms with E-state index in [1.54, 1.807) is 12.1 Å². The van der Waals surface area contributed by atoms with Crippen LogP contribution in [-0.2, 0) is 17.7 Å². The molecular weight excluding hydrogens is 493 g/mol. The predicted molar refractivity (Wildman–Crippen MR) is 149 cm³/mol. The van der Waals surface area contributed by atoms with E-state index >= 15 is 0 Å². The van der Waals surface area contributed by atoms with E-state index in [-0.39, 0.29) is 0 Å². The molecule has 7 heteroatoms. The van der Waals surface area contributed by atoms with E-state index in [1.165, 1.54) is 11.1 Å². The van der Waals surface area contributed by atoms with Crippen LogP contribution < -0.4 is 5.73 Å². The number of aryl methyl sites for hydroxylation is 1. The Hall–Kier alpha value is -2.15. The van der Waals surface area contributed by atoms with Gasteiger partial charge in [0.15, 0.2) is 0 Å². The van der Waals surface area contributed by atoms with Crippen molar-refractivity contribution in [1.29, 1.82) is 0 Å². The minimum atomic E-state index is -0.704. The van der Waals surface area contributed by atoms with E-state index in [0.29, 0.717) is 27.8 Å².